The van der Waals surface area contributed by atoms with Gasteiger partial charge in [-0.05, 0) is 11.6 Å². The van der Waals surface area contributed by atoms with Gasteiger partial charge in [0.1, 0.15) is 0 Å². The van der Waals surface area contributed by atoms with E-state index >= 15 is 0 Å². The summed E-state index contributed by atoms with van der Waals surface area (Å²) < 4.78 is 0. The molecule has 2 N–H and O–H groups in total. The molecular weight excluding hydrogens is 268 g/mol. The SMILES string of the molecule is O=C(c1cncc(-c2ccccc2)c1)N(CCO)CCO. The van der Waals surface area contributed by atoms with Gasteiger partial charge in [0.25, 0.3) is 5.91 Å². The molecule has 0 radical (unpaired) electrons. The second-order valence-electron chi connectivity index (χ2n) is 4.57. The molecule has 0 aliphatic carbocycles. The number of rotatable bonds is 6. The quantitative estimate of drug-likeness (QED) is 0.836. The number of aliphatic hydroxyl groups is 2. The van der Waals surface area contributed by atoms with Gasteiger partial charge in [-0.1, -0.05) is 30.3 Å². The highest BCUT2D eigenvalue weighted by atomic mass is 16.3. The standard InChI is InChI=1S/C16H18N2O3/c19-8-6-18(7-9-20)16(21)15-10-14(11-17-12-15)13-4-2-1-3-5-13/h1-5,10-12,19-20H,6-9H2. The molecule has 2 rings (SSSR count). The molecule has 0 unspecified atom stereocenters. The fourth-order valence-electron chi connectivity index (χ4n) is 2.08. The number of pyridine rings is 1. The highest BCUT2D eigenvalue weighted by molar-refractivity contribution is 5.95. The molecule has 1 amide bonds. The number of carbonyl (C=O) groups excluding carboxylic acids is 1. The Morgan fingerprint density at radius 3 is 2.29 bits per heavy atom. The van der Waals surface area contributed by atoms with Gasteiger partial charge in [0.2, 0.25) is 0 Å². The molecule has 0 saturated heterocycles. The normalized spacial score (nSPS) is 10.4. The van der Waals surface area contributed by atoms with Crippen molar-refractivity contribution >= 4 is 5.91 Å². The average Bonchev–Trinajstić information content (AvgIpc) is 2.55. The summed E-state index contributed by atoms with van der Waals surface area (Å²) in [6.07, 6.45) is 3.20. The first-order chi connectivity index (χ1) is 10.3. The van der Waals surface area contributed by atoms with E-state index in [1.807, 2.05) is 30.3 Å². The number of benzene rings is 1. The van der Waals surface area contributed by atoms with E-state index in [0.29, 0.717) is 5.56 Å². The van der Waals surface area contributed by atoms with Crippen LogP contribution in [-0.2, 0) is 0 Å². The highest BCUT2D eigenvalue weighted by Crippen LogP contribution is 2.19. The molecule has 1 aromatic carbocycles. The van der Waals surface area contributed by atoms with Crippen molar-refractivity contribution in [2.75, 3.05) is 26.3 Å². The van der Waals surface area contributed by atoms with Crippen LogP contribution >= 0.6 is 0 Å². The molecule has 0 atom stereocenters. The minimum Gasteiger partial charge on any atom is -0.395 e. The second kappa shape index (κ2) is 7.52. The van der Waals surface area contributed by atoms with Crippen molar-refractivity contribution in [1.29, 1.82) is 0 Å². The van der Waals surface area contributed by atoms with Gasteiger partial charge in [0.15, 0.2) is 0 Å². The summed E-state index contributed by atoms with van der Waals surface area (Å²) in [6, 6.07) is 11.4. The smallest absolute Gasteiger partial charge is 0.255 e. The predicted octanol–water partition coefficient (Wildman–Crippen LogP) is 1.18. The fraction of sp³-hybridized carbons (Fsp3) is 0.250. The zero-order valence-electron chi connectivity index (χ0n) is 11.6. The van der Waals surface area contributed by atoms with E-state index in [1.165, 1.54) is 11.1 Å². The third kappa shape index (κ3) is 3.87. The van der Waals surface area contributed by atoms with Gasteiger partial charge < -0.3 is 15.1 Å². The van der Waals surface area contributed by atoms with Gasteiger partial charge in [-0.3, -0.25) is 9.78 Å². The summed E-state index contributed by atoms with van der Waals surface area (Å²) in [7, 11) is 0. The Kier molecular flexibility index (Phi) is 5.43. The minimum absolute atomic E-state index is 0.141. The van der Waals surface area contributed by atoms with E-state index in [0.717, 1.165) is 11.1 Å². The summed E-state index contributed by atoms with van der Waals surface area (Å²) in [5, 5.41) is 18.0. The van der Waals surface area contributed by atoms with Crippen LogP contribution in [0, 0.1) is 0 Å². The zero-order valence-corrected chi connectivity index (χ0v) is 11.6. The van der Waals surface area contributed by atoms with Crippen LogP contribution in [0.2, 0.25) is 0 Å². The molecule has 1 aromatic heterocycles. The molecule has 1 heterocycles. The molecule has 2 aromatic rings. The summed E-state index contributed by atoms with van der Waals surface area (Å²) >= 11 is 0. The molecule has 0 aliphatic heterocycles. The first kappa shape index (κ1) is 15.2. The maximum atomic E-state index is 12.4. The molecule has 110 valence electrons. The van der Waals surface area contributed by atoms with Crippen LogP contribution in [0.1, 0.15) is 10.4 Å². The molecule has 5 nitrogen and oxygen atoms in total. The first-order valence-electron chi connectivity index (χ1n) is 6.77. The lowest BCUT2D eigenvalue weighted by Gasteiger charge is -2.20. The fourth-order valence-corrected chi connectivity index (χ4v) is 2.08. The largest absolute Gasteiger partial charge is 0.395 e. The predicted molar refractivity (Wildman–Crippen MR) is 79.7 cm³/mol. The van der Waals surface area contributed by atoms with E-state index in [2.05, 4.69) is 4.98 Å². The topological polar surface area (TPSA) is 73.7 Å². The number of carbonyl (C=O) groups is 1. The molecule has 0 spiro atoms. The maximum Gasteiger partial charge on any atom is 0.255 e. The molecule has 5 heteroatoms. The van der Waals surface area contributed by atoms with E-state index in [1.54, 1.807) is 12.3 Å². The van der Waals surface area contributed by atoms with E-state index < -0.39 is 0 Å². The number of hydrogen-bond donors (Lipinski definition) is 2. The Hall–Kier alpha value is -2.24. The molecule has 21 heavy (non-hydrogen) atoms. The van der Waals surface area contributed by atoms with Crippen LogP contribution in [0.4, 0.5) is 0 Å². The third-order valence-electron chi connectivity index (χ3n) is 3.12. The van der Waals surface area contributed by atoms with Crippen molar-refractivity contribution in [2.45, 2.75) is 0 Å². The Bertz CT molecular complexity index is 581. The van der Waals surface area contributed by atoms with Crippen molar-refractivity contribution < 1.29 is 15.0 Å². The summed E-state index contributed by atoms with van der Waals surface area (Å²) in [6.45, 7) is 0.0962. The molecule has 0 fully saturated rings. The Labute approximate surface area is 123 Å². The first-order valence-corrected chi connectivity index (χ1v) is 6.77. The number of aromatic nitrogens is 1. The highest BCUT2D eigenvalue weighted by Gasteiger charge is 2.15. The van der Waals surface area contributed by atoms with Crippen LogP contribution in [-0.4, -0.2) is 52.3 Å². The summed E-state index contributed by atoms with van der Waals surface area (Å²) in [4.78, 5) is 17.9. The minimum atomic E-state index is -0.247. The molecule has 0 aliphatic rings. The number of hydrogen-bond acceptors (Lipinski definition) is 4. The number of nitrogens with zero attached hydrogens (tertiary/aromatic N) is 2. The number of aliphatic hydroxyl groups excluding tert-OH is 2. The lowest BCUT2D eigenvalue weighted by Crippen LogP contribution is -2.35. The van der Waals surface area contributed by atoms with Crippen molar-refractivity contribution in [3.63, 3.8) is 0 Å². The van der Waals surface area contributed by atoms with Crippen molar-refractivity contribution in [3.8, 4) is 11.1 Å². The van der Waals surface area contributed by atoms with Crippen LogP contribution < -0.4 is 0 Å². The summed E-state index contributed by atoms with van der Waals surface area (Å²) in [5.41, 5.74) is 2.28. The lowest BCUT2D eigenvalue weighted by molar-refractivity contribution is 0.0684. The average molecular weight is 286 g/mol. The van der Waals surface area contributed by atoms with E-state index in [4.69, 9.17) is 10.2 Å². The van der Waals surface area contributed by atoms with Crippen LogP contribution in [0.15, 0.2) is 48.8 Å². The van der Waals surface area contributed by atoms with Crippen molar-refractivity contribution in [2.24, 2.45) is 0 Å². The van der Waals surface area contributed by atoms with Gasteiger partial charge in [-0.25, -0.2) is 0 Å². The Morgan fingerprint density at radius 2 is 1.67 bits per heavy atom. The van der Waals surface area contributed by atoms with Gasteiger partial charge >= 0.3 is 0 Å². The molecule has 0 bridgehead atoms. The van der Waals surface area contributed by atoms with Crippen LogP contribution in [0.5, 0.6) is 0 Å². The Balaban J connectivity index is 2.26. The Morgan fingerprint density at radius 1 is 1.00 bits per heavy atom. The van der Waals surface area contributed by atoms with E-state index in [9.17, 15) is 4.79 Å². The maximum absolute atomic E-state index is 12.4. The molecular formula is C16H18N2O3. The lowest BCUT2D eigenvalue weighted by atomic mass is 10.1. The van der Waals surface area contributed by atoms with Crippen LogP contribution in [0.25, 0.3) is 11.1 Å². The van der Waals surface area contributed by atoms with Gasteiger partial charge in [-0.2, -0.15) is 0 Å². The van der Waals surface area contributed by atoms with Crippen LogP contribution in [0.3, 0.4) is 0 Å². The van der Waals surface area contributed by atoms with Crippen molar-refractivity contribution in [3.05, 3.63) is 54.4 Å². The molecule has 0 saturated carbocycles. The van der Waals surface area contributed by atoms with Gasteiger partial charge in [-0.15, -0.1) is 0 Å². The summed E-state index contributed by atoms with van der Waals surface area (Å²) in [5.74, 6) is -0.247. The van der Waals surface area contributed by atoms with Gasteiger partial charge in [0.05, 0.1) is 18.8 Å². The monoisotopic (exact) mass is 286 g/mol. The second-order valence-corrected chi connectivity index (χ2v) is 4.57. The van der Waals surface area contributed by atoms with E-state index in [-0.39, 0.29) is 32.2 Å². The zero-order chi connectivity index (χ0) is 15.1. The van der Waals surface area contributed by atoms with Gasteiger partial charge in [0, 0.05) is 31.0 Å². The number of amides is 1. The van der Waals surface area contributed by atoms with Crippen molar-refractivity contribution in [1.82, 2.24) is 9.88 Å². The third-order valence-corrected chi connectivity index (χ3v) is 3.12.